The second kappa shape index (κ2) is 4.07. The molecule has 2 bridgehead atoms. The van der Waals surface area contributed by atoms with Crippen molar-refractivity contribution in [1.82, 2.24) is 0 Å². The van der Waals surface area contributed by atoms with E-state index in [-0.39, 0.29) is 5.41 Å². The lowest BCUT2D eigenvalue weighted by atomic mass is 9.63. The summed E-state index contributed by atoms with van der Waals surface area (Å²) in [5, 5.41) is 9.27. The number of halogens is 1. The summed E-state index contributed by atoms with van der Waals surface area (Å²) in [6.07, 6.45) is 3.05. The maximum absolute atomic E-state index is 11.3. The molecule has 0 atom stereocenters. The van der Waals surface area contributed by atoms with Crippen LogP contribution in [-0.2, 0) is 14.9 Å². The van der Waals surface area contributed by atoms with E-state index in [9.17, 15) is 9.90 Å². The minimum Gasteiger partial charge on any atom is -0.479 e. The highest BCUT2D eigenvalue weighted by Gasteiger charge is 2.54. The Kier molecular flexibility index (Phi) is 2.75. The molecule has 0 unspecified atom stereocenters. The Labute approximate surface area is 114 Å². The van der Waals surface area contributed by atoms with Crippen molar-refractivity contribution in [2.24, 2.45) is 0 Å². The van der Waals surface area contributed by atoms with Gasteiger partial charge in [-0.1, -0.05) is 28.1 Å². The monoisotopic (exact) mass is 310 g/mol. The maximum Gasteiger partial charge on any atom is 0.335 e. The van der Waals surface area contributed by atoms with Gasteiger partial charge in [-0.05, 0) is 43.4 Å². The summed E-state index contributed by atoms with van der Waals surface area (Å²) in [7, 11) is 0. The summed E-state index contributed by atoms with van der Waals surface area (Å²) in [6.45, 7) is 0.529. The van der Waals surface area contributed by atoms with Crippen molar-refractivity contribution in [2.45, 2.75) is 36.7 Å². The second-order valence-corrected chi connectivity index (χ2v) is 6.29. The van der Waals surface area contributed by atoms with E-state index < -0.39 is 11.6 Å². The standard InChI is InChI=1S/C14H15BrO3/c15-11-3-1-10(2-4-11)13-5-7-14(8-6-13,12(16)17)18-9-13/h1-4H,5-9H2,(H,16,17). The lowest BCUT2D eigenvalue weighted by Gasteiger charge is -2.51. The largest absolute Gasteiger partial charge is 0.479 e. The van der Waals surface area contributed by atoms with E-state index in [1.54, 1.807) is 0 Å². The fraction of sp³-hybridized carbons (Fsp3) is 0.500. The van der Waals surface area contributed by atoms with Crippen LogP contribution in [0.4, 0.5) is 0 Å². The number of hydrogen-bond donors (Lipinski definition) is 1. The molecule has 1 saturated carbocycles. The van der Waals surface area contributed by atoms with Crippen molar-refractivity contribution in [1.29, 1.82) is 0 Å². The summed E-state index contributed by atoms with van der Waals surface area (Å²) in [5.74, 6) is -0.799. The number of ether oxygens (including phenoxy) is 1. The zero-order chi connectivity index (χ0) is 12.8. The molecule has 0 spiro atoms. The van der Waals surface area contributed by atoms with Gasteiger partial charge in [0, 0.05) is 9.89 Å². The molecular formula is C14H15BrO3. The molecule has 0 aromatic heterocycles. The molecule has 96 valence electrons. The van der Waals surface area contributed by atoms with Gasteiger partial charge < -0.3 is 9.84 Å². The highest BCUT2D eigenvalue weighted by molar-refractivity contribution is 9.10. The van der Waals surface area contributed by atoms with Crippen LogP contribution >= 0.6 is 15.9 Å². The van der Waals surface area contributed by atoms with E-state index in [4.69, 9.17) is 4.74 Å². The van der Waals surface area contributed by atoms with E-state index >= 15 is 0 Å². The van der Waals surface area contributed by atoms with E-state index in [1.807, 2.05) is 12.1 Å². The molecular weight excluding hydrogens is 296 g/mol. The summed E-state index contributed by atoms with van der Waals surface area (Å²) < 4.78 is 6.77. The fourth-order valence-corrected chi connectivity index (χ4v) is 3.41. The van der Waals surface area contributed by atoms with Crippen molar-refractivity contribution in [3.8, 4) is 0 Å². The van der Waals surface area contributed by atoms with Crippen molar-refractivity contribution in [3.05, 3.63) is 34.3 Å². The normalized spacial score (nSPS) is 34.5. The van der Waals surface area contributed by atoms with E-state index in [2.05, 4.69) is 28.1 Å². The Morgan fingerprint density at radius 2 is 1.78 bits per heavy atom. The average molecular weight is 311 g/mol. The number of carboxylic acid groups (broad SMARTS) is 1. The lowest BCUT2D eigenvalue weighted by Crippen LogP contribution is -2.57. The van der Waals surface area contributed by atoms with Crippen LogP contribution in [0.5, 0.6) is 0 Å². The van der Waals surface area contributed by atoms with Crippen LogP contribution < -0.4 is 0 Å². The summed E-state index contributed by atoms with van der Waals surface area (Å²) in [4.78, 5) is 11.3. The lowest BCUT2D eigenvalue weighted by molar-refractivity contribution is -0.194. The molecule has 3 fully saturated rings. The van der Waals surface area contributed by atoms with Crippen molar-refractivity contribution >= 4 is 21.9 Å². The minimum absolute atomic E-state index is 0.0257. The number of carboxylic acids is 1. The molecule has 2 aliphatic heterocycles. The molecule has 2 heterocycles. The number of aliphatic carboxylic acids is 1. The number of rotatable bonds is 2. The highest BCUT2D eigenvalue weighted by atomic mass is 79.9. The van der Waals surface area contributed by atoms with Gasteiger partial charge >= 0.3 is 5.97 Å². The second-order valence-electron chi connectivity index (χ2n) is 5.38. The molecule has 4 rings (SSSR count). The van der Waals surface area contributed by atoms with Gasteiger partial charge in [0.05, 0.1) is 6.61 Å². The third kappa shape index (κ3) is 1.70. The van der Waals surface area contributed by atoms with Gasteiger partial charge in [-0.3, -0.25) is 0 Å². The van der Waals surface area contributed by atoms with Gasteiger partial charge in [-0.15, -0.1) is 0 Å². The fourth-order valence-electron chi connectivity index (χ4n) is 3.15. The Bertz CT molecular complexity index is 456. The zero-order valence-electron chi connectivity index (χ0n) is 9.99. The number of fused-ring (bicyclic) bond motifs is 3. The quantitative estimate of drug-likeness (QED) is 0.913. The van der Waals surface area contributed by atoms with Crippen LogP contribution in [0, 0.1) is 0 Å². The van der Waals surface area contributed by atoms with Gasteiger partial charge in [0.1, 0.15) is 0 Å². The van der Waals surface area contributed by atoms with E-state index in [0.29, 0.717) is 19.4 Å². The van der Waals surface area contributed by atoms with Crippen LogP contribution in [0.2, 0.25) is 0 Å². The topological polar surface area (TPSA) is 46.5 Å². The molecule has 1 aromatic carbocycles. The first-order chi connectivity index (χ1) is 8.56. The molecule has 2 saturated heterocycles. The molecule has 0 amide bonds. The molecule has 4 heteroatoms. The number of carbonyl (C=O) groups is 1. The molecule has 3 aliphatic rings. The smallest absolute Gasteiger partial charge is 0.335 e. The Balaban J connectivity index is 1.88. The Hall–Kier alpha value is -0.870. The first-order valence-electron chi connectivity index (χ1n) is 6.20. The predicted octanol–water partition coefficient (Wildman–Crippen LogP) is 3.11. The summed E-state index contributed by atoms with van der Waals surface area (Å²) in [5.41, 5.74) is 0.388. The Morgan fingerprint density at radius 3 is 2.22 bits per heavy atom. The first-order valence-corrected chi connectivity index (χ1v) is 6.99. The molecule has 1 aliphatic carbocycles. The average Bonchev–Trinajstić information content (AvgIpc) is 2.41. The zero-order valence-corrected chi connectivity index (χ0v) is 11.6. The third-order valence-corrected chi connectivity index (χ3v) is 5.01. The van der Waals surface area contributed by atoms with Gasteiger partial charge in [0.2, 0.25) is 0 Å². The SMILES string of the molecule is O=C(O)C12CCC(c3ccc(Br)cc3)(CC1)CO2. The van der Waals surface area contributed by atoms with Crippen molar-refractivity contribution in [3.63, 3.8) is 0 Å². The van der Waals surface area contributed by atoms with Gasteiger partial charge in [0.25, 0.3) is 0 Å². The predicted molar refractivity (Wildman–Crippen MR) is 70.6 cm³/mol. The molecule has 0 radical (unpaired) electrons. The van der Waals surface area contributed by atoms with Crippen LogP contribution in [0.1, 0.15) is 31.2 Å². The first kappa shape index (κ1) is 12.2. The summed E-state index contributed by atoms with van der Waals surface area (Å²) >= 11 is 3.44. The van der Waals surface area contributed by atoms with Crippen molar-refractivity contribution < 1.29 is 14.6 Å². The minimum atomic E-state index is -0.906. The number of benzene rings is 1. The Morgan fingerprint density at radius 1 is 1.17 bits per heavy atom. The van der Waals surface area contributed by atoms with Gasteiger partial charge in [-0.2, -0.15) is 0 Å². The molecule has 1 aromatic rings. The van der Waals surface area contributed by atoms with Gasteiger partial charge in [-0.25, -0.2) is 4.79 Å². The molecule has 3 nitrogen and oxygen atoms in total. The highest BCUT2D eigenvalue weighted by Crippen LogP contribution is 2.50. The van der Waals surface area contributed by atoms with Gasteiger partial charge in [0.15, 0.2) is 5.60 Å². The van der Waals surface area contributed by atoms with Crippen LogP contribution in [0.15, 0.2) is 28.7 Å². The third-order valence-electron chi connectivity index (χ3n) is 4.49. The molecule has 1 N–H and O–H groups in total. The number of hydrogen-bond acceptors (Lipinski definition) is 2. The molecule has 18 heavy (non-hydrogen) atoms. The maximum atomic E-state index is 11.3. The summed E-state index contributed by atoms with van der Waals surface area (Å²) in [6, 6.07) is 8.31. The van der Waals surface area contributed by atoms with Crippen LogP contribution in [-0.4, -0.2) is 23.3 Å². The van der Waals surface area contributed by atoms with Crippen LogP contribution in [0.25, 0.3) is 0 Å². The van der Waals surface area contributed by atoms with E-state index in [0.717, 1.165) is 17.3 Å². The van der Waals surface area contributed by atoms with Crippen LogP contribution in [0.3, 0.4) is 0 Å². The van der Waals surface area contributed by atoms with Crippen molar-refractivity contribution in [2.75, 3.05) is 6.61 Å². The van der Waals surface area contributed by atoms with E-state index in [1.165, 1.54) is 5.56 Å².